The van der Waals surface area contributed by atoms with Crippen molar-refractivity contribution in [1.82, 2.24) is 15.5 Å². The van der Waals surface area contributed by atoms with Crippen molar-refractivity contribution < 1.29 is 19.1 Å². The number of amides is 3. The van der Waals surface area contributed by atoms with Gasteiger partial charge in [0, 0.05) is 17.6 Å². The van der Waals surface area contributed by atoms with Gasteiger partial charge in [0.05, 0.1) is 0 Å². The SMILES string of the molecule is C#Cc1ccccc1C(C(=O)NC(C)C)N(C(=O)C(NC(=O)OC(C)(C)C)C(C)C)C(C)C. The number of alkyl carbamates (subject to hydrolysis) is 1. The van der Waals surface area contributed by atoms with Crippen molar-refractivity contribution in [3.8, 4) is 12.3 Å². The second-order valence-corrected chi connectivity index (χ2v) is 10.0. The molecular formula is C26H39N3O4. The molecule has 1 rings (SSSR count). The summed E-state index contributed by atoms with van der Waals surface area (Å²) in [6.45, 7) is 16.3. The Kier molecular flexibility index (Phi) is 9.97. The van der Waals surface area contributed by atoms with E-state index in [-0.39, 0.29) is 29.8 Å². The van der Waals surface area contributed by atoms with Crippen LogP contribution in [0.15, 0.2) is 24.3 Å². The molecule has 2 atom stereocenters. The van der Waals surface area contributed by atoms with Gasteiger partial charge in [-0.3, -0.25) is 9.59 Å². The molecule has 2 N–H and O–H groups in total. The molecule has 0 aliphatic rings. The number of carbonyl (C=O) groups is 3. The molecule has 2 unspecified atom stereocenters. The monoisotopic (exact) mass is 457 g/mol. The van der Waals surface area contributed by atoms with Gasteiger partial charge in [-0.25, -0.2) is 4.79 Å². The molecule has 33 heavy (non-hydrogen) atoms. The third-order valence-electron chi connectivity index (χ3n) is 4.78. The minimum Gasteiger partial charge on any atom is -0.444 e. The van der Waals surface area contributed by atoms with Crippen molar-refractivity contribution >= 4 is 17.9 Å². The Morgan fingerprint density at radius 2 is 1.58 bits per heavy atom. The van der Waals surface area contributed by atoms with Crippen LogP contribution in [0.4, 0.5) is 4.79 Å². The van der Waals surface area contributed by atoms with Gasteiger partial charge in [0.15, 0.2) is 0 Å². The number of nitrogens with one attached hydrogen (secondary N) is 2. The Morgan fingerprint density at radius 1 is 1.00 bits per heavy atom. The molecule has 0 aliphatic carbocycles. The van der Waals surface area contributed by atoms with E-state index in [2.05, 4.69) is 16.6 Å². The molecular weight excluding hydrogens is 418 g/mol. The Bertz CT molecular complexity index is 878. The molecule has 7 nitrogen and oxygen atoms in total. The van der Waals surface area contributed by atoms with Crippen molar-refractivity contribution in [2.75, 3.05) is 0 Å². The molecule has 0 bridgehead atoms. The van der Waals surface area contributed by atoms with E-state index < -0.39 is 23.8 Å². The van der Waals surface area contributed by atoms with Gasteiger partial charge in [-0.05, 0) is 66.0 Å². The van der Waals surface area contributed by atoms with E-state index in [1.807, 2.05) is 41.5 Å². The summed E-state index contributed by atoms with van der Waals surface area (Å²) in [6.07, 6.45) is 5.03. The summed E-state index contributed by atoms with van der Waals surface area (Å²) in [6, 6.07) is 4.73. The molecule has 3 amide bonds. The van der Waals surface area contributed by atoms with Crippen LogP contribution >= 0.6 is 0 Å². The van der Waals surface area contributed by atoms with Crippen LogP contribution in [-0.4, -0.2) is 46.5 Å². The summed E-state index contributed by atoms with van der Waals surface area (Å²) in [7, 11) is 0. The third-order valence-corrected chi connectivity index (χ3v) is 4.78. The molecule has 0 saturated heterocycles. The molecule has 0 fully saturated rings. The molecule has 0 aromatic heterocycles. The van der Waals surface area contributed by atoms with Crippen LogP contribution in [-0.2, 0) is 14.3 Å². The highest BCUT2D eigenvalue weighted by molar-refractivity contribution is 5.93. The highest BCUT2D eigenvalue weighted by Gasteiger charge is 2.39. The van der Waals surface area contributed by atoms with E-state index in [4.69, 9.17) is 11.2 Å². The quantitative estimate of drug-likeness (QED) is 0.577. The average molecular weight is 458 g/mol. The molecule has 0 spiro atoms. The zero-order chi connectivity index (χ0) is 25.5. The summed E-state index contributed by atoms with van der Waals surface area (Å²) in [5.74, 6) is 1.65. The first kappa shape index (κ1) is 28.0. The Labute approximate surface area is 198 Å². The normalized spacial score (nSPS) is 13.3. The maximum absolute atomic E-state index is 13.9. The van der Waals surface area contributed by atoms with E-state index in [0.717, 1.165) is 0 Å². The van der Waals surface area contributed by atoms with Crippen LogP contribution < -0.4 is 10.6 Å². The van der Waals surface area contributed by atoms with E-state index >= 15 is 0 Å². The summed E-state index contributed by atoms with van der Waals surface area (Å²) in [5.41, 5.74) is 0.374. The highest BCUT2D eigenvalue weighted by atomic mass is 16.6. The van der Waals surface area contributed by atoms with E-state index in [1.54, 1.807) is 45.0 Å². The third kappa shape index (κ3) is 8.12. The molecule has 0 heterocycles. The number of benzene rings is 1. The van der Waals surface area contributed by atoms with Gasteiger partial charge < -0.3 is 20.3 Å². The number of rotatable bonds is 8. The number of terminal acetylenes is 1. The average Bonchev–Trinajstić information content (AvgIpc) is 2.67. The fraction of sp³-hybridized carbons (Fsp3) is 0.577. The number of hydrogen-bond donors (Lipinski definition) is 2. The van der Waals surface area contributed by atoms with Crippen LogP contribution in [0, 0.1) is 18.3 Å². The molecule has 7 heteroatoms. The lowest BCUT2D eigenvalue weighted by Gasteiger charge is -2.38. The van der Waals surface area contributed by atoms with Gasteiger partial charge in [0.2, 0.25) is 11.8 Å². The first-order valence-corrected chi connectivity index (χ1v) is 11.4. The van der Waals surface area contributed by atoms with Crippen molar-refractivity contribution in [2.45, 2.75) is 92.1 Å². The fourth-order valence-electron chi connectivity index (χ4n) is 3.44. The zero-order valence-corrected chi connectivity index (χ0v) is 21.4. The maximum Gasteiger partial charge on any atom is 0.408 e. The van der Waals surface area contributed by atoms with Gasteiger partial charge in [0.1, 0.15) is 17.7 Å². The van der Waals surface area contributed by atoms with Gasteiger partial charge >= 0.3 is 6.09 Å². The summed E-state index contributed by atoms with van der Waals surface area (Å²) >= 11 is 0. The molecule has 0 radical (unpaired) electrons. The first-order chi connectivity index (χ1) is 15.2. The van der Waals surface area contributed by atoms with Gasteiger partial charge in [-0.15, -0.1) is 6.42 Å². The summed E-state index contributed by atoms with van der Waals surface area (Å²) in [5, 5.41) is 5.61. The highest BCUT2D eigenvalue weighted by Crippen LogP contribution is 2.28. The number of ether oxygens (including phenoxy) is 1. The molecule has 1 aromatic rings. The molecule has 1 aromatic carbocycles. The largest absolute Gasteiger partial charge is 0.444 e. The number of carbonyl (C=O) groups excluding carboxylic acids is 3. The zero-order valence-electron chi connectivity index (χ0n) is 21.4. The van der Waals surface area contributed by atoms with Crippen LogP contribution in [0.3, 0.4) is 0 Å². The second-order valence-electron chi connectivity index (χ2n) is 10.0. The minimum absolute atomic E-state index is 0.136. The predicted molar refractivity (Wildman–Crippen MR) is 130 cm³/mol. The molecule has 182 valence electrons. The van der Waals surface area contributed by atoms with Crippen molar-refractivity contribution in [3.05, 3.63) is 35.4 Å². The van der Waals surface area contributed by atoms with Crippen molar-refractivity contribution in [3.63, 3.8) is 0 Å². The van der Waals surface area contributed by atoms with Crippen molar-refractivity contribution in [1.29, 1.82) is 0 Å². The minimum atomic E-state index is -0.964. The molecule has 0 aliphatic heterocycles. The lowest BCUT2D eigenvalue weighted by molar-refractivity contribution is -0.145. The Balaban J connectivity index is 3.52. The summed E-state index contributed by atoms with van der Waals surface area (Å²) < 4.78 is 5.36. The lowest BCUT2D eigenvalue weighted by Crippen LogP contribution is -2.57. The van der Waals surface area contributed by atoms with Gasteiger partial charge in [0.25, 0.3) is 0 Å². The van der Waals surface area contributed by atoms with E-state index in [0.29, 0.717) is 11.1 Å². The summed E-state index contributed by atoms with van der Waals surface area (Å²) in [4.78, 5) is 41.2. The van der Waals surface area contributed by atoms with Crippen LogP contribution in [0.5, 0.6) is 0 Å². The van der Waals surface area contributed by atoms with Crippen LogP contribution in [0.1, 0.15) is 79.5 Å². The number of nitrogens with zero attached hydrogens (tertiary/aromatic N) is 1. The standard InChI is InChI=1S/C26H39N3O4/c1-11-19-14-12-13-15-20(19)22(23(30)27-17(4)5)29(18(6)7)24(31)21(16(2)3)28-25(32)33-26(8,9)10/h1,12-18,21-22H,2-10H3,(H,27,30)(H,28,32). The van der Waals surface area contributed by atoms with Crippen molar-refractivity contribution in [2.24, 2.45) is 5.92 Å². The first-order valence-electron chi connectivity index (χ1n) is 11.4. The van der Waals surface area contributed by atoms with Gasteiger partial charge in [-0.1, -0.05) is 38.0 Å². The predicted octanol–water partition coefficient (Wildman–Crippen LogP) is 4.02. The smallest absolute Gasteiger partial charge is 0.408 e. The van der Waals surface area contributed by atoms with E-state index in [9.17, 15) is 14.4 Å². The van der Waals surface area contributed by atoms with Gasteiger partial charge in [-0.2, -0.15) is 0 Å². The molecule has 0 saturated carbocycles. The number of hydrogen-bond acceptors (Lipinski definition) is 4. The van der Waals surface area contributed by atoms with Crippen LogP contribution in [0.25, 0.3) is 0 Å². The Hall–Kier alpha value is -3.01. The topological polar surface area (TPSA) is 87.7 Å². The van der Waals surface area contributed by atoms with E-state index in [1.165, 1.54) is 4.90 Å². The maximum atomic E-state index is 13.9. The lowest BCUT2D eigenvalue weighted by atomic mass is 9.94. The Morgan fingerprint density at radius 3 is 2.03 bits per heavy atom. The van der Waals surface area contributed by atoms with Crippen LogP contribution in [0.2, 0.25) is 0 Å². The fourth-order valence-corrected chi connectivity index (χ4v) is 3.44. The second kappa shape index (κ2) is 11.7.